The summed E-state index contributed by atoms with van der Waals surface area (Å²) in [5.74, 6) is 0.655. The van der Waals surface area contributed by atoms with Crippen LogP contribution in [-0.2, 0) is 22.4 Å². The first-order chi connectivity index (χ1) is 13.0. The van der Waals surface area contributed by atoms with Gasteiger partial charge in [-0.15, -0.1) is 0 Å². The van der Waals surface area contributed by atoms with Crippen LogP contribution in [0.3, 0.4) is 0 Å². The van der Waals surface area contributed by atoms with Crippen molar-refractivity contribution in [2.45, 2.75) is 59.8 Å². The van der Waals surface area contributed by atoms with E-state index in [1.165, 1.54) is 11.3 Å². The van der Waals surface area contributed by atoms with Gasteiger partial charge >= 0.3 is 5.97 Å². The van der Waals surface area contributed by atoms with E-state index in [1.54, 1.807) is 0 Å². The molecular formula is C21H27N3O3. The van der Waals surface area contributed by atoms with Gasteiger partial charge in [0.25, 0.3) is 0 Å². The Hall–Kier alpha value is -2.63. The number of fused-ring (bicyclic) bond motifs is 1. The zero-order valence-corrected chi connectivity index (χ0v) is 16.5. The number of unbranched alkanes of at least 4 members (excludes halogenated alkanes) is 1. The standard InChI is InChI=1S/C21H27N3O3/c1-5-16-11-12-19-21(18-13-14(3)27-23-18)17(15(4)22-24(16)19)9-7-8-10-20(25)26-6-2/h11-13H,5-10H2,1-4H3. The van der Waals surface area contributed by atoms with Gasteiger partial charge in [0.1, 0.15) is 11.5 Å². The number of aromatic nitrogens is 3. The van der Waals surface area contributed by atoms with E-state index in [0.717, 1.165) is 53.9 Å². The second-order valence-electron chi connectivity index (χ2n) is 6.75. The van der Waals surface area contributed by atoms with Crippen LogP contribution in [-0.4, -0.2) is 27.3 Å². The van der Waals surface area contributed by atoms with Gasteiger partial charge in [-0.05, 0) is 64.2 Å². The van der Waals surface area contributed by atoms with Gasteiger partial charge in [0, 0.05) is 23.7 Å². The Morgan fingerprint density at radius 2 is 2.04 bits per heavy atom. The lowest BCUT2D eigenvalue weighted by Gasteiger charge is -2.13. The van der Waals surface area contributed by atoms with E-state index in [1.807, 2.05) is 31.4 Å². The van der Waals surface area contributed by atoms with Gasteiger partial charge in [0.05, 0.1) is 17.8 Å². The Morgan fingerprint density at radius 3 is 2.70 bits per heavy atom. The molecule has 3 heterocycles. The van der Waals surface area contributed by atoms with Gasteiger partial charge in [-0.3, -0.25) is 4.79 Å². The molecule has 3 rings (SSSR count). The summed E-state index contributed by atoms with van der Waals surface area (Å²) in [6.45, 7) is 8.33. The van der Waals surface area contributed by atoms with Crippen molar-refractivity contribution >= 4 is 11.5 Å². The first-order valence-electron chi connectivity index (χ1n) is 9.64. The Labute approximate surface area is 159 Å². The number of carbonyl (C=O) groups excluding carboxylic acids is 1. The molecule has 0 aliphatic heterocycles. The minimum Gasteiger partial charge on any atom is -0.466 e. The molecule has 3 aromatic rings. The predicted octanol–water partition coefficient (Wildman–Crippen LogP) is 4.44. The van der Waals surface area contributed by atoms with E-state index in [9.17, 15) is 4.79 Å². The Morgan fingerprint density at radius 1 is 1.22 bits per heavy atom. The first kappa shape index (κ1) is 19.1. The third kappa shape index (κ3) is 4.04. The molecule has 0 saturated carbocycles. The Kier molecular flexibility index (Phi) is 5.94. The molecule has 6 heteroatoms. The van der Waals surface area contributed by atoms with Crippen molar-refractivity contribution in [1.29, 1.82) is 0 Å². The van der Waals surface area contributed by atoms with Crippen molar-refractivity contribution in [1.82, 2.24) is 14.8 Å². The van der Waals surface area contributed by atoms with Crippen molar-refractivity contribution in [3.8, 4) is 11.3 Å². The van der Waals surface area contributed by atoms with Crippen molar-refractivity contribution in [2.24, 2.45) is 0 Å². The zero-order valence-electron chi connectivity index (χ0n) is 16.5. The number of aryl methyl sites for hydroxylation is 3. The summed E-state index contributed by atoms with van der Waals surface area (Å²) in [6, 6.07) is 6.19. The quantitative estimate of drug-likeness (QED) is 0.433. The third-order valence-corrected chi connectivity index (χ3v) is 4.79. The first-order valence-corrected chi connectivity index (χ1v) is 9.64. The average molecular weight is 369 g/mol. The highest BCUT2D eigenvalue weighted by atomic mass is 16.5. The van der Waals surface area contributed by atoms with Crippen LogP contribution in [0, 0.1) is 13.8 Å². The van der Waals surface area contributed by atoms with E-state index in [4.69, 9.17) is 14.4 Å². The zero-order chi connectivity index (χ0) is 19.4. The number of rotatable bonds is 8. The molecule has 0 fully saturated rings. The molecule has 0 unspecified atom stereocenters. The summed E-state index contributed by atoms with van der Waals surface area (Å²) in [7, 11) is 0. The lowest BCUT2D eigenvalue weighted by molar-refractivity contribution is -0.143. The maximum atomic E-state index is 11.6. The number of nitrogens with zero attached hydrogens (tertiary/aromatic N) is 3. The highest BCUT2D eigenvalue weighted by molar-refractivity contribution is 5.82. The molecule has 0 atom stereocenters. The lowest BCUT2D eigenvalue weighted by atomic mass is 9.97. The summed E-state index contributed by atoms with van der Waals surface area (Å²) in [6.07, 6.45) is 3.89. The highest BCUT2D eigenvalue weighted by Crippen LogP contribution is 2.32. The molecule has 0 saturated heterocycles. The van der Waals surface area contributed by atoms with Crippen LogP contribution in [0.2, 0.25) is 0 Å². The second-order valence-corrected chi connectivity index (χ2v) is 6.75. The minimum atomic E-state index is -0.130. The summed E-state index contributed by atoms with van der Waals surface area (Å²) in [4.78, 5) is 11.6. The largest absolute Gasteiger partial charge is 0.466 e. The maximum absolute atomic E-state index is 11.6. The normalized spacial score (nSPS) is 11.3. The summed E-state index contributed by atoms with van der Waals surface area (Å²) >= 11 is 0. The second kappa shape index (κ2) is 8.37. The summed E-state index contributed by atoms with van der Waals surface area (Å²) < 4.78 is 12.4. The molecule has 0 amide bonds. The van der Waals surface area contributed by atoms with Crippen LogP contribution < -0.4 is 0 Å². The van der Waals surface area contributed by atoms with Gasteiger partial charge in [0.15, 0.2) is 0 Å². The smallest absolute Gasteiger partial charge is 0.305 e. The van der Waals surface area contributed by atoms with Gasteiger partial charge in [-0.2, -0.15) is 5.10 Å². The van der Waals surface area contributed by atoms with Crippen LogP contribution in [0.15, 0.2) is 22.7 Å². The van der Waals surface area contributed by atoms with Crippen LogP contribution in [0.25, 0.3) is 16.8 Å². The maximum Gasteiger partial charge on any atom is 0.305 e. The third-order valence-electron chi connectivity index (χ3n) is 4.79. The van der Waals surface area contributed by atoms with E-state index < -0.39 is 0 Å². The number of hydrogen-bond donors (Lipinski definition) is 0. The Balaban J connectivity index is 1.93. The van der Waals surface area contributed by atoms with Crippen LogP contribution in [0.4, 0.5) is 0 Å². The Bertz CT molecular complexity index is 940. The van der Waals surface area contributed by atoms with Gasteiger partial charge in [-0.1, -0.05) is 12.1 Å². The van der Waals surface area contributed by atoms with Crippen molar-refractivity contribution in [2.75, 3.05) is 6.61 Å². The van der Waals surface area contributed by atoms with Crippen molar-refractivity contribution in [3.05, 3.63) is 40.9 Å². The molecule has 0 bridgehead atoms. The number of ether oxygens (including phenoxy) is 1. The van der Waals surface area contributed by atoms with E-state index in [2.05, 4.69) is 24.2 Å². The molecule has 6 nitrogen and oxygen atoms in total. The lowest BCUT2D eigenvalue weighted by Crippen LogP contribution is -2.07. The molecular weight excluding hydrogens is 342 g/mol. The minimum absolute atomic E-state index is 0.130. The van der Waals surface area contributed by atoms with Crippen molar-refractivity contribution in [3.63, 3.8) is 0 Å². The molecule has 27 heavy (non-hydrogen) atoms. The molecule has 144 valence electrons. The van der Waals surface area contributed by atoms with E-state index >= 15 is 0 Å². The molecule has 0 aliphatic rings. The average Bonchev–Trinajstić information content (AvgIpc) is 3.24. The van der Waals surface area contributed by atoms with Gasteiger partial charge in [0.2, 0.25) is 0 Å². The summed E-state index contributed by atoms with van der Waals surface area (Å²) in [5, 5.41) is 9.07. The molecule has 0 N–H and O–H groups in total. The SMILES string of the molecule is CCOC(=O)CCCCc1c(C)nn2c(CC)ccc2c1-c1cc(C)on1. The number of hydrogen-bond acceptors (Lipinski definition) is 5. The van der Waals surface area contributed by atoms with Crippen molar-refractivity contribution < 1.29 is 14.1 Å². The molecule has 3 aromatic heterocycles. The molecule has 0 aliphatic carbocycles. The number of esters is 1. The highest BCUT2D eigenvalue weighted by Gasteiger charge is 2.19. The topological polar surface area (TPSA) is 69.6 Å². The van der Waals surface area contributed by atoms with Crippen LogP contribution in [0.5, 0.6) is 0 Å². The van der Waals surface area contributed by atoms with Gasteiger partial charge < -0.3 is 9.26 Å². The predicted molar refractivity (Wildman–Crippen MR) is 104 cm³/mol. The van der Waals surface area contributed by atoms with E-state index in [-0.39, 0.29) is 5.97 Å². The molecule has 0 radical (unpaired) electrons. The fourth-order valence-corrected chi connectivity index (χ4v) is 3.47. The van der Waals surface area contributed by atoms with Gasteiger partial charge in [-0.25, -0.2) is 4.52 Å². The summed E-state index contributed by atoms with van der Waals surface area (Å²) in [5.41, 5.74) is 6.29. The fraction of sp³-hybridized carbons (Fsp3) is 0.476. The van der Waals surface area contributed by atoms with E-state index in [0.29, 0.717) is 13.0 Å². The molecule has 0 aromatic carbocycles. The monoisotopic (exact) mass is 369 g/mol. The fourth-order valence-electron chi connectivity index (χ4n) is 3.47. The van der Waals surface area contributed by atoms with Crippen LogP contribution in [0.1, 0.15) is 55.8 Å². The molecule has 0 spiro atoms. The van der Waals surface area contributed by atoms with Crippen LogP contribution >= 0.6 is 0 Å². The number of carbonyl (C=O) groups is 1.